The van der Waals surface area contributed by atoms with Crippen molar-refractivity contribution >= 4 is 5.91 Å². The van der Waals surface area contributed by atoms with Crippen molar-refractivity contribution in [1.82, 2.24) is 5.32 Å². The molecular weight excluding hydrogens is 238 g/mol. The van der Waals surface area contributed by atoms with Crippen LogP contribution in [0.1, 0.15) is 43.2 Å². The number of carbonyl (C=O) groups excluding carboxylic acids is 1. The highest BCUT2D eigenvalue weighted by atomic mass is 16.5. The van der Waals surface area contributed by atoms with Crippen LogP contribution in [-0.4, -0.2) is 18.6 Å². The maximum Gasteiger partial charge on any atom is 0.220 e. The minimum atomic E-state index is 0.198. The van der Waals surface area contributed by atoms with Gasteiger partial charge in [0.25, 0.3) is 0 Å². The van der Waals surface area contributed by atoms with Gasteiger partial charge in [0, 0.05) is 18.9 Å². The molecule has 1 fully saturated rings. The van der Waals surface area contributed by atoms with E-state index in [1.165, 1.54) is 24.0 Å². The lowest BCUT2D eigenvalue weighted by atomic mass is 10.0. The van der Waals surface area contributed by atoms with Crippen molar-refractivity contribution in [2.24, 2.45) is 0 Å². The lowest BCUT2D eigenvalue weighted by Crippen LogP contribution is -2.32. The van der Waals surface area contributed by atoms with Crippen molar-refractivity contribution in [1.29, 1.82) is 0 Å². The van der Waals surface area contributed by atoms with Crippen LogP contribution >= 0.6 is 0 Å². The van der Waals surface area contributed by atoms with Gasteiger partial charge in [0.05, 0.1) is 6.61 Å². The van der Waals surface area contributed by atoms with E-state index < -0.39 is 0 Å². The molecule has 1 aliphatic carbocycles. The van der Waals surface area contributed by atoms with Gasteiger partial charge in [-0.15, -0.1) is 0 Å². The van der Waals surface area contributed by atoms with E-state index in [2.05, 4.69) is 17.4 Å². The van der Waals surface area contributed by atoms with E-state index >= 15 is 0 Å². The van der Waals surface area contributed by atoms with E-state index in [-0.39, 0.29) is 5.91 Å². The lowest BCUT2D eigenvalue weighted by Gasteiger charge is -2.11. The van der Waals surface area contributed by atoms with Gasteiger partial charge >= 0.3 is 0 Å². The second-order valence-corrected chi connectivity index (χ2v) is 5.59. The van der Waals surface area contributed by atoms with E-state index in [1.807, 2.05) is 6.07 Å². The molecule has 0 spiro atoms. The maximum absolute atomic E-state index is 11.9. The first kappa shape index (κ1) is 12.5. The highest BCUT2D eigenvalue weighted by molar-refractivity contribution is 5.76. The average Bonchev–Trinajstić information content (AvgIpc) is 3.06. The molecule has 2 aliphatic rings. The molecule has 3 heteroatoms. The average molecular weight is 259 g/mol. The van der Waals surface area contributed by atoms with Crippen LogP contribution in [0, 0.1) is 0 Å². The molecule has 0 aromatic heterocycles. The highest BCUT2D eigenvalue weighted by Gasteiger charge is 2.17. The van der Waals surface area contributed by atoms with Gasteiger partial charge in [0.15, 0.2) is 0 Å². The van der Waals surface area contributed by atoms with E-state index in [9.17, 15) is 4.79 Å². The Bertz CT molecular complexity index is 464. The van der Waals surface area contributed by atoms with E-state index in [0.717, 1.165) is 38.0 Å². The van der Waals surface area contributed by atoms with Crippen LogP contribution in [0.3, 0.4) is 0 Å². The number of rotatable bonds is 4. The third-order valence-electron chi connectivity index (χ3n) is 4.11. The molecule has 3 rings (SSSR count). The van der Waals surface area contributed by atoms with E-state index in [0.29, 0.717) is 12.5 Å². The topological polar surface area (TPSA) is 38.3 Å². The van der Waals surface area contributed by atoms with Crippen molar-refractivity contribution in [3.8, 4) is 5.75 Å². The van der Waals surface area contributed by atoms with Gasteiger partial charge in [-0.2, -0.15) is 0 Å². The normalized spacial score (nSPS) is 18.1. The molecule has 1 N–H and O–H groups in total. The summed E-state index contributed by atoms with van der Waals surface area (Å²) in [5, 5.41) is 3.14. The second-order valence-electron chi connectivity index (χ2n) is 5.59. The summed E-state index contributed by atoms with van der Waals surface area (Å²) < 4.78 is 5.49. The van der Waals surface area contributed by atoms with Crippen molar-refractivity contribution in [3.05, 3.63) is 29.3 Å². The van der Waals surface area contributed by atoms with Gasteiger partial charge < -0.3 is 10.1 Å². The zero-order valence-corrected chi connectivity index (χ0v) is 11.3. The Morgan fingerprint density at radius 1 is 1.32 bits per heavy atom. The molecule has 0 radical (unpaired) electrons. The predicted molar refractivity (Wildman–Crippen MR) is 74.4 cm³/mol. The Morgan fingerprint density at radius 3 is 3.00 bits per heavy atom. The van der Waals surface area contributed by atoms with Crippen LogP contribution in [0.25, 0.3) is 0 Å². The van der Waals surface area contributed by atoms with Crippen molar-refractivity contribution in [3.63, 3.8) is 0 Å². The summed E-state index contributed by atoms with van der Waals surface area (Å²) in [5.41, 5.74) is 2.53. The largest absolute Gasteiger partial charge is 0.493 e. The molecule has 1 saturated carbocycles. The zero-order chi connectivity index (χ0) is 13.1. The summed E-state index contributed by atoms with van der Waals surface area (Å²) in [6.07, 6.45) is 7.24. The van der Waals surface area contributed by atoms with Crippen LogP contribution in [0.5, 0.6) is 5.75 Å². The minimum Gasteiger partial charge on any atom is -0.493 e. The minimum absolute atomic E-state index is 0.198. The molecule has 0 bridgehead atoms. The molecule has 3 nitrogen and oxygen atoms in total. The quantitative estimate of drug-likeness (QED) is 0.902. The number of nitrogens with one attached hydrogen (secondary N) is 1. The zero-order valence-electron chi connectivity index (χ0n) is 11.3. The van der Waals surface area contributed by atoms with Gasteiger partial charge in [-0.25, -0.2) is 0 Å². The van der Waals surface area contributed by atoms with E-state index in [1.54, 1.807) is 0 Å². The number of fused-ring (bicyclic) bond motifs is 1. The smallest absolute Gasteiger partial charge is 0.220 e. The van der Waals surface area contributed by atoms with Crippen LogP contribution < -0.4 is 10.1 Å². The van der Waals surface area contributed by atoms with Crippen molar-refractivity contribution in [2.45, 2.75) is 51.0 Å². The second kappa shape index (κ2) is 5.64. The number of hydrogen-bond acceptors (Lipinski definition) is 2. The van der Waals surface area contributed by atoms with E-state index in [4.69, 9.17) is 4.74 Å². The standard InChI is InChI=1S/C16H21NO2/c18-16(17-14-3-1-2-4-14)8-6-12-5-7-15-13(11-12)9-10-19-15/h5,7,11,14H,1-4,6,8-10H2,(H,17,18). The summed E-state index contributed by atoms with van der Waals surface area (Å²) in [6.45, 7) is 0.793. The number of carbonyl (C=O) groups is 1. The SMILES string of the molecule is O=C(CCc1ccc2c(c1)CCO2)NC1CCCC1. The number of ether oxygens (including phenoxy) is 1. The first-order valence-electron chi connectivity index (χ1n) is 7.35. The number of aryl methyl sites for hydroxylation is 1. The fourth-order valence-electron chi connectivity index (χ4n) is 3.02. The first-order valence-corrected chi connectivity index (χ1v) is 7.35. The monoisotopic (exact) mass is 259 g/mol. The van der Waals surface area contributed by atoms with Crippen LogP contribution in [0.2, 0.25) is 0 Å². The third kappa shape index (κ3) is 3.09. The molecule has 1 heterocycles. The van der Waals surface area contributed by atoms with Crippen LogP contribution in [0.15, 0.2) is 18.2 Å². The Kier molecular flexibility index (Phi) is 3.72. The Hall–Kier alpha value is -1.51. The molecule has 1 amide bonds. The molecular formula is C16H21NO2. The number of benzene rings is 1. The summed E-state index contributed by atoms with van der Waals surface area (Å²) in [6, 6.07) is 6.73. The lowest BCUT2D eigenvalue weighted by molar-refractivity contribution is -0.121. The maximum atomic E-state index is 11.9. The van der Waals surface area contributed by atoms with Crippen molar-refractivity contribution in [2.75, 3.05) is 6.61 Å². The van der Waals surface area contributed by atoms with Crippen molar-refractivity contribution < 1.29 is 9.53 Å². The molecule has 1 aliphatic heterocycles. The van der Waals surface area contributed by atoms with Crippen LogP contribution in [0.4, 0.5) is 0 Å². The first-order chi connectivity index (χ1) is 9.31. The third-order valence-corrected chi connectivity index (χ3v) is 4.11. The van der Waals surface area contributed by atoms with Gasteiger partial charge in [-0.3, -0.25) is 4.79 Å². The molecule has 0 atom stereocenters. The Morgan fingerprint density at radius 2 is 2.16 bits per heavy atom. The summed E-state index contributed by atoms with van der Waals surface area (Å²) in [4.78, 5) is 11.9. The van der Waals surface area contributed by atoms with Gasteiger partial charge in [0.2, 0.25) is 5.91 Å². The molecule has 102 valence electrons. The molecule has 1 aromatic rings. The fraction of sp³-hybridized carbons (Fsp3) is 0.562. The number of amides is 1. The van der Waals surface area contributed by atoms with Gasteiger partial charge in [-0.05, 0) is 36.5 Å². The van der Waals surface area contributed by atoms with Gasteiger partial charge in [0.1, 0.15) is 5.75 Å². The van der Waals surface area contributed by atoms with Gasteiger partial charge in [-0.1, -0.05) is 25.0 Å². The fourth-order valence-corrected chi connectivity index (χ4v) is 3.02. The number of hydrogen-bond donors (Lipinski definition) is 1. The molecule has 0 unspecified atom stereocenters. The Balaban J connectivity index is 1.50. The Labute approximate surface area is 114 Å². The summed E-state index contributed by atoms with van der Waals surface area (Å²) >= 11 is 0. The molecule has 19 heavy (non-hydrogen) atoms. The highest BCUT2D eigenvalue weighted by Crippen LogP contribution is 2.26. The summed E-state index contributed by atoms with van der Waals surface area (Å²) in [7, 11) is 0. The summed E-state index contributed by atoms with van der Waals surface area (Å²) in [5.74, 6) is 1.21. The predicted octanol–water partition coefficient (Wildman–Crippen LogP) is 2.61. The molecule has 0 saturated heterocycles. The van der Waals surface area contributed by atoms with Crippen LogP contribution in [-0.2, 0) is 17.6 Å². The molecule has 1 aromatic carbocycles.